The summed E-state index contributed by atoms with van der Waals surface area (Å²) < 4.78 is 16.5. The Labute approximate surface area is 181 Å². The number of nitrogens with one attached hydrogen (secondary N) is 1. The van der Waals surface area contributed by atoms with E-state index in [9.17, 15) is 4.79 Å². The highest BCUT2D eigenvalue weighted by Gasteiger charge is 2.10. The lowest BCUT2D eigenvalue weighted by molar-refractivity contribution is 0.167. The predicted molar refractivity (Wildman–Crippen MR) is 121 cm³/mol. The second-order valence-electron chi connectivity index (χ2n) is 7.11. The van der Waals surface area contributed by atoms with Crippen molar-refractivity contribution in [2.75, 3.05) is 7.11 Å². The molecule has 0 aliphatic carbocycles. The summed E-state index contributed by atoms with van der Waals surface area (Å²) >= 11 is 0. The van der Waals surface area contributed by atoms with Gasteiger partial charge >= 0.3 is 6.09 Å². The molecule has 156 valence electrons. The average Bonchev–Trinajstić information content (AvgIpc) is 2.80. The van der Waals surface area contributed by atoms with Crippen LogP contribution in [0.5, 0.6) is 23.0 Å². The Kier molecular flexibility index (Phi) is 6.03. The van der Waals surface area contributed by atoms with E-state index in [-0.39, 0.29) is 6.04 Å². The number of carbonyl (C=O) groups is 1. The van der Waals surface area contributed by atoms with Gasteiger partial charge in [0.25, 0.3) is 0 Å². The molecule has 0 aliphatic rings. The van der Waals surface area contributed by atoms with Crippen LogP contribution in [0.4, 0.5) is 4.79 Å². The van der Waals surface area contributed by atoms with Gasteiger partial charge in [0.1, 0.15) is 23.0 Å². The zero-order valence-electron chi connectivity index (χ0n) is 17.4. The molecule has 0 radical (unpaired) electrons. The lowest BCUT2D eigenvalue weighted by Gasteiger charge is -2.14. The normalized spacial score (nSPS) is 11.5. The van der Waals surface area contributed by atoms with Gasteiger partial charge in [0.05, 0.1) is 13.2 Å². The van der Waals surface area contributed by atoms with E-state index >= 15 is 0 Å². The number of amides is 1. The van der Waals surface area contributed by atoms with Crippen LogP contribution in [0.15, 0.2) is 91.0 Å². The maximum absolute atomic E-state index is 11.4. The van der Waals surface area contributed by atoms with E-state index < -0.39 is 6.09 Å². The number of ether oxygens (including phenoxy) is 3. The Balaban J connectivity index is 1.45. The van der Waals surface area contributed by atoms with E-state index in [1.54, 1.807) is 0 Å². The third kappa shape index (κ3) is 5.14. The number of rotatable bonds is 6. The fraction of sp³-hybridized carbons (Fsp3) is 0.115. The van der Waals surface area contributed by atoms with Crippen LogP contribution in [-0.2, 0) is 4.74 Å². The number of alkyl carbamates (subject to hydrolysis) is 1. The smallest absolute Gasteiger partial charge is 0.407 e. The van der Waals surface area contributed by atoms with Gasteiger partial charge in [-0.15, -0.1) is 0 Å². The third-order valence-corrected chi connectivity index (χ3v) is 4.89. The molecule has 1 atom stereocenters. The summed E-state index contributed by atoms with van der Waals surface area (Å²) in [6.45, 7) is 1.92. The molecule has 5 heteroatoms. The summed E-state index contributed by atoms with van der Waals surface area (Å²) in [4.78, 5) is 11.4. The van der Waals surface area contributed by atoms with Crippen molar-refractivity contribution in [3.8, 4) is 23.0 Å². The first-order valence-corrected chi connectivity index (χ1v) is 10.00. The van der Waals surface area contributed by atoms with Gasteiger partial charge in [0.2, 0.25) is 0 Å². The minimum atomic E-state index is -0.448. The third-order valence-electron chi connectivity index (χ3n) is 4.89. The van der Waals surface area contributed by atoms with E-state index in [4.69, 9.17) is 9.47 Å². The summed E-state index contributed by atoms with van der Waals surface area (Å²) in [7, 11) is 1.35. The van der Waals surface area contributed by atoms with Gasteiger partial charge < -0.3 is 19.5 Å². The first kappa shape index (κ1) is 20.3. The largest absolute Gasteiger partial charge is 0.457 e. The lowest BCUT2D eigenvalue weighted by Crippen LogP contribution is -2.26. The van der Waals surface area contributed by atoms with Gasteiger partial charge in [-0.1, -0.05) is 36.4 Å². The van der Waals surface area contributed by atoms with Crippen LogP contribution in [-0.4, -0.2) is 13.2 Å². The summed E-state index contributed by atoms with van der Waals surface area (Å²) in [6.07, 6.45) is -0.448. The maximum Gasteiger partial charge on any atom is 0.407 e. The van der Waals surface area contributed by atoms with Gasteiger partial charge in [0.15, 0.2) is 0 Å². The molecule has 4 aromatic rings. The van der Waals surface area contributed by atoms with E-state index in [0.717, 1.165) is 39.3 Å². The van der Waals surface area contributed by atoms with Gasteiger partial charge in [-0.05, 0) is 77.9 Å². The Morgan fingerprint density at radius 3 is 1.94 bits per heavy atom. The van der Waals surface area contributed by atoms with Crippen LogP contribution in [0, 0.1) is 0 Å². The quantitative estimate of drug-likeness (QED) is 0.376. The monoisotopic (exact) mass is 413 g/mol. The molecule has 0 fully saturated rings. The highest BCUT2D eigenvalue weighted by molar-refractivity contribution is 5.85. The molecule has 4 aromatic carbocycles. The molecule has 1 amide bonds. The Morgan fingerprint density at radius 1 is 0.710 bits per heavy atom. The summed E-state index contributed by atoms with van der Waals surface area (Å²) in [5.74, 6) is 3.02. The summed E-state index contributed by atoms with van der Waals surface area (Å²) in [6, 6.07) is 29.0. The number of benzene rings is 4. The molecule has 0 saturated heterocycles. The molecule has 0 aliphatic heterocycles. The molecule has 4 rings (SSSR count). The molecule has 0 bridgehead atoms. The van der Waals surface area contributed by atoms with Crippen molar-refractivity contribution < 1.29 is 19.0 Å². The average molecular weight is 413 g/mol. The van der Waals surface area contributed by atoms with Crippen molar-refractivity contribution in [2.24, 2.45) is 0 Å². The highest BCUT2D eigenvalue weighted by atomic mass is 16.5. The SMILES string of the molecule is COC(=O)NC(C)c1ccc2cc(Oc3ccc(Oc4ccccc4)cc3)ccc2c1. The van der Waals surface area contributed by atoms with Gasteiger partial charge in [-0.3, -0.25) is 0 Å². The standard InChI is InChI=1S/C26H23NO4/c1-18(27-26(28)29-2)19-8-9-21-17-25(11-10-20(21)16-19)31-24-14-12-23(13-15-24)30-22-6-4-3-5-7-22/h3-18H,1-2H3,(H,27,28). The number of para-hydroxylation sites is 1. The van der Waals surface area contributed by atoms with Gasteiger partial charge in [-0.25, -0.2) is 4.79 Å². The van der Waals surface area contributed by atoms with Crippen molar-refractivity contribution in [1.29, 1.82) is 0 Å². The zero-order chi connectivity index (χ0) is 21.6. The van der Waals surface area contributed by atoms with E-state index in [1.807, 2.05) is 91.9 Å². The second kappa shape index (κ2) is 9.22. The van der Waals surface area contributed by atoms with Crippen molar-refractivity contribution in [3.05, 3.63) is 96.6 Å². The minimum absolute atomic E-state index is 0.149. The number of methoxy groups -OCH3 is 1. The first-order chi connectivity index (χ1) is 15.1. The van der Waals surface area contributed by atoms with E-state index in [1.165, 1.54) is 7.11 Å². The zero-order valence-corrected chi connectivity index (χ0v) is 17.4. The number of carbonyl (C=O) groups excluding carboxylic acids is 1. The fourth-order valence-corrected chi connectivity index (χ4v) is 3.23. The molecular formula is C26H23NO4. The Bertz CT molecular complexity index is 1170. The van der Waals surface area contributed by atoms with Crippen molar-refractivity contribution in [3.63, 3.8) is 0 Å². The molecule has 0 spiro atoms. The molecule has 1 unspecified atom stereocenters. The Morgan fingerprint density at radius 2 is 1.26 bits per heavy atom. The molecule has 1 N–H and O–H groups in total. The molecule has 31 heavy (non-hydrogen) atoms. The number of hydrogen-bond donors (Lipinski definition) is 1. The minimum Gasteiger partial charge on any atom is -0.457 e. The van der Waals surface area contributed by atoms with Gasteiger partial charge in [0, 0.05) is 0 Å². The van der Waals surface area contributed by atoms with Crippen LogP contribution in [0.3, 0.4) is 0 Å². The second-order valence-corrected chi connectivity index (χ2v) is 7.11. The summed E-state index contributed by atoms with van der Waals surface area (Å²) in [5.41, 5.74) is 1.00. The van der Waals surface area contributed by atoms with Crippen molar-refractivity contribution >= 4 is 16.9 Å². The summed E-state index contributed by atoms with van der Waals surface area (Å²) in [5, 5.41) is 4.89. The van der Waals surface area contributed by atoms with Crippen molar-refractivity contribution in [1.82, 2.24) is 5.32 Å². The molecular weight excluding hydrogens is 390 g/mol. The molecule has 0 aromatic heterocycles. The van der Waals surface area contributed by atoms with Crippen LogP contribution in [0.2, 0.25) is 0 Å². The van der Waals surface area contributed by atoms with E-state index in [2.05, 4.69) is 16.1 Å². The van der Waals surface area contributed by atoms with Crippen LogP contribution in [0.25, 0.3) is 10.8 Å². The van der Waals surface area contributed by atoms with Crippen molar-refractivity contribution in [2.45, 2.75) is 13.0 Å². The predicted octanol–water partition coefficient (Wildman–Crippen LogP) is 6.84. The fourth-order valence-electron chi connectivity index (χ4n) is 3.23. The highest BCUT2D eigenvalue weighted by Crippen LogP contribution is 2.29. The number of hydrogen-bond acceptors (Lipinski definition) is 4. The topological polar surface area (TPSA) is 56.8 Å². The maximum atomic E-state index is 11.4. The molecule has 0 saturated carbocycles. The lowest BCUT2D eigenvalue weighted by atomic mass is 10.0. The van der Waals surface area contributed by atoms with Gasteiger partial charge in [-0.2, -0.15) is 0 Å². The first-order valence-electron chi connectivity index (χ1n) is 10.00. The van der Waals surface area contributed by atoms with E-state index in [0.29, 0.717) is 0 Å². The van der Waals surface area contributed by atoms with Crippen LogP contribution >= 0.6 is 0 Å². The van der Waals surface area contributed by atoms with Crippen LogP contribution in [0.1, 0.15) is 18.5 Å². The Hall–Kier alpha value is -3.99. The molecule has 5 nitrogen and oxygen atoms in total. The molecule has 0 heterocycles. The van der Waals surface area contributed by atoms with Crippen LogP contribution < -0.4 is 14.8 Å². The number of fused-ring (bicyclic) bond motifs is 1.